The van der Waals surface area contributed by atoms with E-state index in [1.54, 1.807) is 18.2 Å². The molecule has 0 aromatic heterocycles. The number of ketones is 1. The molecule has 33 heavy (non-hydrogen) atoms. The van der Waals surface area contributed by atoms with Gasteiger partial charge >= 0.3 is 5.97 Å². The van der Waals surface area contributed by atoms with E-state index >= 15 is 0 Å². The molecule has 0 radical (unpaired) electrons. The van der Waals surface area contributed by atoms with Gasteiger partial charge in [-0.1, -0.05) is 18.2 Å². The molecule has 176 valence electrons. The van der Waals surface area contributed by atoms with E-state index in [0.29, 0.717) is 5.56 Å². The van der Waals surface area contributed by atoms with Crippen LogP contribution in [0.15, 0.2) is 36.4 Å². The van der Waals surface area contributed by atoms with Crippen molar-refractivity contribution in [3.8, 4) is 23.0 Å². The zero-order valence-corrected chi connectivity index (χ0v) is 17.3. The summed E-state index contributed by atoms with van der Waals surface area (Å²) in [5.41, 5.74) is 0.299. The average molecular weight is 462 g/mol. The standard InChI is InChI=1S/C22H22O11/c1-30-21(29)20-18(27)17(26)19(28)22(33-20)31-9-6-12(24)16-13(25)8-14(32-15(16)7-9)10-4-2-3-5-11(10)23/h2-7,14,17-20,22-24,26-28H,8H2,1H3/t14-,17+,18+,19-,20+,22-/m0/s1. The molecule has 0 aliphatic carbocycles. The number of ether oxygens (including phenoxy) is 4. The molecule has 11 heteroatoms. The maximum Gasteiger partial charge on any atom is 0.337 e. The molecular formula is C22H22O11. The Kier molecular flexibility index (Phi) is 6.13. The van der Waals surface area contributed by atoms with Crippen molar-refractivity contribution in [2.45, 2.75) is 43.2 Å². The topological polar surface area (TPSA) is 172 Å². The maximum atomic E-state index is 12.6. The fraction of sp³-hybridized carbons (Fsp3) is 0.364. The summed E-state index contributed by atoms with van der Waals surface area (Å²) in [6.07, 6.45) is -9.50. The largest absolute Gasteiger partial charge is 0.508 e. The lowest BCUT2D eigenvalue weighted by molar-refractivity contribution is -0.271. The number of phenolic OH excluding ortho intramolecular Hbond substituents is 2. The Balaban J connectivity index is 1.61. The van der Waals surface area contributed by atoms with E-state index in [9.17, 15) is 35.1 Å². The first-order valence-corrected chi connectivity index (χ1v) is 10.00. The summed E-state index contributed by atoms with van der Waals surface area (Å²) in [4.78, 5) is 24.5. The lowest BCUT2D eigenvalue weighted by Crippen LogP contribution is -2.61. The third-order valence-electron chi connectivity index (χ3n) is 5.51. The number of carbonyl (C=O) groups is 2. The van der Waals surface area contributed by atoms with Crippen molar-refractivity contribution in [2.24, 2.45) is 0 Å². The van der Waals surface area contributed by atoms with E-state index in [2.05, 4.69) is 4.74 Å². The fourth-order valence-electron chi connectivity index (χ4n) is 3.81. The number of aliphatic hydroxyl groups is 3. The normalized spacial score (nSPS) is 29.0. The Labute approximate surface area is 187 Å². The Morgan fingerprint density at radius 3 is 2.45 bits per heavy atom. The van der Waals surface area contributed by atoms with Crippen LogP contribution in [-0.2, 0) is 14.3 Å². The number of phenols is 2. The third-order valence-corrected chi connectivity index (χ3v) is 5.51. The minimum Gasteiger partial charge on any atom is -0.508 e. The van der Waals surface area contributed by atoms with Gasteiger partial charge in [-0.3, -0.25) is 4.79 Å². The summed E-state index contributed by atoms with van der Waals surface area (Å²) in [5.74, 6) is -2.09. The van der Waals surface area contributed by atoms with Crippen LogP contribution in [0.1, 0.15) is 28.4 Å². The van der Waals surface area contributed by atoms with Crippen LogP contribution in [-0.4, -0.2) is 75.1 Å². The number of benzene rings is 2. The van der Waals surface area contributed by atoms with Crippen molar-refractivity contribution < 1.29 is 54.1 Å². The van der Waals surface area contributed by atoms with Gasteiger partial charge in [0.1, 0.15) is 53.0 Å². The molecule has 2 aromatic rings. The number of aromatic hydroxyl groups is 2. The molecule has 0 spiro atoms. The molecule has 2 aromatic carbocycles. The van der Waals surface area contributed by atoms with E-state index < -0.39 is 54.3 Å². The summed E-state index contributed by atoms with van der Waals surface area (Å²) in [6, 6.07) is 8.70. The van der Waals surface area contributed by atoms with Gasteiger partial charge < -0.3 is 44.5 Å². The third kappa shape index (κ3) is 4.18. The van der Waals surface area contributed by atoms with Crippen LogP contribution in [0.25, 0.3) is 0 Å². The number of carbonyl (C=O) groups excluding carboxylic acids is 2. The Hall–Kier alpha value is -3.38. The fourth-order valence-corrected chi connectivity index (χ4v) is 3.81. The summed E-state index contributed by atoms with van der Waals surface area (Å²) in [5, 5.41) is 50.8. The quantitative estimate of drug-likeness (QED) is 0.392. The highest BCUT2D eigenvalue weighted by atomic mass is 16.7. The number of para-hydroxylation sites is 1. The number of hydrogen-bond donors (Lipinski definition) is 5. The summed E-state index contributed by atoms with van der Waals surface area (Å²) < 4.78 is 21.1. The van der Waals surface area contributed by atoms with Gasteiger partial charge in [-0.15, -0.1) is 0 Å². The van der Waals surface area contributed by atoms with Crippen molar-refractivity contribution in [1.29, 1.82) is 0 Å². The Bertz CT molecular complexity index is 1070. The van der Waals surface area contributed by atoms with Gasteiger partial charge in [-0.25, -0.2) is 4.79 Å². The van der Waals surface area contributed by atoms with Crippen molar-refractivity contribution >= 4 is 11.8 Å². The minimum absolute atomic E-state index is 0.0371. The van der Waals surface area contributed by atoms with Gasteiger partial charge in [0.2, 0.25) is 6.29 Å². The molecule has 2 heterocycles. The second kappa shape index (κ2) is 8.87. The molecule has 2 aliphatic heterocycles. The van der Waals surface area contributed by atoms with Crippen LogP contribution in [0, 0.1) is 0 Å². The smallest absolute Gasteiger partial charge is 0.337 e. The van der Waals surface area contributed by atoms with E-state index in [1.807, 2.05) is 0 Å². The average Bonchev–Trinajstić information content (AvgIpc) is 2.78. The number of rotatable bonds is 4. The first-order valence-electron chi connectivity index (χ1n) is 10.00. The zero-order chi connectivity index (χ0) is 23.9. The van der Waals surface area contributed by atoms with Crippen LogP contribution in [0.4, 0.5) is 0 Å². The molecule has 4 rings (SSSR count). The molecule has 5 N–H and O–H groups in total. The van der Waals surface area contributed by atoms with Crippen LogP contribution < -0.4 is 9.47 Å². The molecule has 0 bridgehead atoms. The number of esters is 1. The first-order chi connectivity index (χ1) is 15.7. The molecule has 11 nitrogen and oxygen atoms in total. The van der Waals surface area contributed by atoms with Gasteiger partial charge in [0.05, 0.1) is 13.5 Å². The van der Waals surface area contributed by atoms with Gasteiger partial charge in [-0.05, 0) is 6.07 Å². The van der Waals surface area contributed by atoms with Crippen molar-refractivity contribution in [1.82, 2.24) is 0 Å². The van der Waals surface area contributed by atoms with Crippen LogP contribution >= 0.6 is 0 Å². The van der Waals surface area contributed by atoms with Crippen molar-refractivity contribution in [3.63, 3.8) is 0 Å². The highest BCUT2D eigenvalue weighted by Crippen LogP contribution is 2.43. The number of methoxy groups -OCH3 is 1. The lowest BCUT2D eigenvalue weighted by atomic mass is 9.95. The first kappa shape index (κ1) is 22.8. The molecule has 1 fully saturated rings. The van der Waals surface area contributed by atoms with E-state index in [1.165, 1.54) is 12.1 Å². The second-order valence-corrected chi connectivity index (χ2v) is 7.65. The van der Waals surface area contributed by atoms with E-state index in [0.717, 1.165) is 13.2 Å². The predicted molar refractivity (Wildman–Crippen MR) is 108 cm³/mol. The molecule has 2 aliphatic rings. The highest BCUT2D eigenvalue weighted by molar-refractivity contribution is 6.02. The predicted octanol–water partition coefficient (Wildman–Crippen LogP) is 0.164. The molecule has 0 amide bonds. The maximum absolute atomic E-state index is 12.6. The number of fused-ring (bicyclic) bond motifs is 1. The SMILES string of the molecule is COC(=O)[C@@H]1O[C@H](Oc2cc(O)c3c(c2)O[C@H](c2ccccc2O)CC3=O)[C@@H](O)[C@H](O)[C@H]1O. The minimum atomic E-state index is -1.79. The van der Waals surface area contributed by atoms with Crippen LogP contribution in [0.2, 0.25) is 0 Å². The number of Topliss-reactive ketones (excluding diaryl/α,β-unsaturated/α-hetero) is 1. The number of hydrogen-bond acceptors (Lipinski definition) is 11. The number of aliphatic hydroxyl groups excluding tert-OH is 3. The summed E-state index contributed by atoms with van der Waals surface area (Å²) in [7, 11) is 1.06. The van der Waals surface area contributed by atoms with E-state index in [4.69, 9.17) is 14.2 Å². The van der Waals surface area contributed by atoms with Gasteiger partial charge in [-0.2, -0.15) is 0 Å². The Morgan fingerprint density at radius 1 is 1.03 bits per heavy atom. The van der Waals surface area contributed by atoms with Crippen molar-refractivity contribution in [2.75, 3.05) is 7.11 Å². The summed E-state index contributed by atoms with van der Waals surface area (Å²) >= 11 is 0. The lowest BCUT2D eigenvalue weighted by Gasteiger charge is -2.39. The highest BCUT2D eigenvalue weighted by Gasteiger charge is 2.48. The van der Waals surface area contributed by atoms with Crippen molar-refractivity contribution in [3.05, 3.63) is 47.5 Å². The van der Waals surface area contributed by atoms with E-state index in [-0.39, 0.29) is 29.2 Å². The molecule has 6 atom stereocenters. The molecule has 0 unspecified atom stereocenters. The monoisotopic (exact) mass is 462 g/mol. The molecular weight excluding hydrogens is 440 g/mol. The van der Waals surface area contributed by atoms with Gasteiger partial charge in [0, 0.05) is 17.7 Å². The van der Waals surface area contributed by atoms with Crippen LogP contribution in [0.5, 0.6) is 23.0 Å². The van der Waals surface area contributed by atoms with Gasteiger partial charge in [0.15, 0.2) is 11.9 Å². The second-order valence-electron chi connectivity index (χ2n) is 7.65. The molecule has 0 saturated carbocycles. The Morgan fingerprint density at radius 2 is 1.76 bits per heavy atom. The van der Waals surface area contributed by atoms with Gasteiger partial charge in [0.25, 0.3) is 0 Å². The summed E-state index contributed by atoms with van der Waals surface area (Å²) in [6.45, 7) is 0. The zero-order valence-electron chi connectivity index (χ0n) is 17.3. The van der Waals surface area contributed by atoms with Crippen LogP contribution in [0.3, 0.4) is 0 Å². The molecule has 1 saturated heterocycles.